The van der Waals surface area contributed by atoms with Crippen LogP contribution >= 0.6 is 0 Å². The molecule has 0 fully saturated rings. The summed E-state index contributed by atoms with van der Waals surface area (Å²) in [5.74, 6) is -1.51. The van der Waals surface area contributed by atoms with Crippen LogP contribution in [0.1, 0.15) is 80.7 Å². The minimum absolute atomic E-state index is 0.0554. The van der Waals surface area contributed by atoms with Gasteiger partial charge >= 0.3 is 24.1 Å². The molecule has 10 nitrogen and oxygen atoms in total. The summed E-state index contributed by atoms with van der Waals surface area (Å²) in [5, 5.41) is 0. The average molecular weight is 538 g/mol. The van der Waals surface area contributed by atoms with Crippen molar-refractivity contribution in [3.8, 4) is 11.5 Å². The molecule has 0 saturated carbocycles. The van der Waals surface area contributed by atoms with Gasteiger partial charge in [0.05, 0.1) is 16.9 Å². The predicted molar refractivity (Wildman–Crippen MR) is 141 cm³/mol. The summed E-state index contributed by atoms with van der Waals surface area (Å²) in [6, 6.07) is 3.61. The molecular formula is C28H43NO9. The zero-order chi connectivity index (χ0) is 29.3. The number of ether oxygens (including phenoxy) is 5. The Hall–Kier alpha value is -3.14. The first-order valence-corrected chi connectivity index (χ1v) is 12.9. The van der Waals surface area contributed by atoms with Crippen molar-refractivity contribution in [3.05, 3.63) is 23.8 Å². The van der Waals surface area contributed by atoms with Crippen LogP contribution in [0.5, 0.6) is 11.5 Å². The molecule has 0 aromatic heterocycles. The number of rotatable bonds is 13. The molecule has 0 spiro atoms. The number of nitrogens with two attached hydrogens (primary N) is 1. The highest BCUT2D eigenvalue weighted by Crippen LogP contribution is 2.34. The van der Waals surface area contributed by atoms with Crippen LogP contribution in [0.4, 0.5) is 4.79 Å². The van der Waals surface area contributed by atoms with E-state index in [1.807, 2.05) is 13.8 Å². The second kappa shape index (κ2) is 14.1. The molecule has 0 aliphatic heterocycles. The first-order chi connectivity index (χ1) is 17.5. The molecule has 1 aromatic rings. The van der Waals surface area contributed by atoms with Gasteiger partial charge < -0.3 is 29.4 Å². The van der Waals surface area contributed by atoms with Crippen LogP contribution in [-0.4, -0.2) is 48.9 Å². The monoisotopic (exact) mass is 537 g/mol. The lowest BCUT2D eigenvalue weighted by molar-refractivity contribution is -0.148. The summed E-state index contributed by atoms with van der Waals surface area (Å²) >= 11 is 0. The number of carbonyl (C=O) groups is 4. The minimum Gasteiger partial charge on any atom is -0.461 e. The van der Waals surface area contributed by atoms with Gasteiger partial charge in [0.1, 0.15) is 18.8 Å². The topological polar surface area (TPSA) is 140 Å². The van der Waals surface area contributed by atoms with Gasteiger partial charge in [-0.3, -0.25) is 14.4 Å². The second-order valence-electron chi connectivity index (χ2n) is 10.8. The van der Waals surface area contributed by atoms with Gasteiger partial charge in [0.15, 0.2) is 11.5 Å². The molecule has 2 atom stereocenters. The minimum atomic E-state index is -1.05. The number of hydrogen-bond donors (Lipinski definition) is 1. The standard InChI is InChI=1S/C28H43NO9/c1-10-27(6,7)24(31)37-21-13-12-19(15-22(21)38-25(32)28(8,9)11-2)14-20(29)23(30)34-16-18(5)36-26(33)35-17(3)4/h12-13,15,17-18,20H,10-11,14,16,29H2,1-9H3/t18-,20-/m0/s1. The largest absolute Gasteiger partial charge is 0.508 e. The number of hydrogen-bond acceptors (Lipinski definition) is 10. The van der Waals surface area contributed by atoms with Gasteiger partial charge in [-0.1, -0.05) is 19.9 Å². The van der Waals surface area contributed by atoms with E-state index in [2.05, 4.69) is 0 Å². The maximum atomic E-state index is 12.8. The molecule has 2 N–H and O–H groups in total. The van der Waals surface area contributed by atoms with Gasteiger partial charge in [0, 0.05) is 0 Å². The Bertz CT molecular complexity index is 985. The van der Waals surface area contributed by atoms with Crippen LogP contribution < -0.4 is 15.2 Å². The van der Waals surface area contributed by atoms with Crippen molar-refractivity contribution in [2.24, 2.45) is 16.6 Å². The van der Waals surface area contributed by atoms with Crippen LogP contribution in [0.2, 0.25) is 0 Å². The Morgan fingerprint density at radius 2 is 1.37 bits per heavy atom. The normalized spacial score (nSPS) is 13.3. The summed E-state index contributed by atoms with van der Waals surface area (Å²) in [6.07, 6.45) is -0.773. The van der Waals surface area contributed by atoms with E-state index in [1.54, 1.807) is 54.5 Å². The highest BCUT2D eigenvalue weighted by Gasteiger charge is 2.31. The number of benzene rings is 1. The van der Waals surface area contributed by atoms with E-state index in [0.29, 0.717) is 18.4 Å². The van der Waals surface area contributed by atoms with E-state index in [9.17, 15) is 19.2 Å². The Kier molecular flexibility index (Phi) is 12.2. The Morgan fingerprint density at radius 3 is 1.87 bits per heavy atom. The van der Waals surface area contributed by atoms with Gasteiger partial charge in [-0.25, -0.2) is 4.79 Å². The third-order valence-electron chi connectivity index (χ3n) is 6.13. The van der Waals surface area contributed by atoms with Crippen LogP contribution in [-0.2, 0) is 35.0 Å². The SMILES string of the molecule is CCC(C)(C)C(=O)Oc1ccc(C[C@H](N)C(=O)OC[C@H](C)OC(=O)OC(C)C)cc1OC(=O)C(C)(C)CC. The van der Waals surface area contributed by atoms with Crippen molar-refractivity contribution in [2.75, 3.05) is 6.61 Å². The van der Waals surface area contributed by atoms with Crippen LogP contribution in [0, 0.1) is 10.8 Å². The molecule has 0 aliphatic carbocycles. The zero-order valence-corrected chi connectivity index (χ0v) is 24.0. The molecule has 1 rings (SSSR count). The molecule has 10 heteroatoms. The van der Waals surface area contributed by atoms with Crippen LogP contribution in [0.25, 0.3) is 0 Å². The molecule has 0 bridgehead atoms. The van der Waals surface area contributed by atoms with Gasteiger partial charge in [-0.15, -0.1) is 0 Å². The summed E-state index contributed by atoms with van der Waals surface area (Å²) in [4.78, 5) is 49.4. The van der Waals surface area contributed by atoms with Crippen molar-refractivity contribution in [1.82, 2.24) is 0 Å². The number of carbonyl (C=O) groups excluding carboxylic acids is 4. The molecule has 0 radical (unpaired) electrons. The van der Waals surface area contributed by atoms with Gasteiger partial charge in [0.2, 0.25) is 0 Å². The quantitative estimate of drug-likeness (QED) is 0.277. The lowest BCUT2D eigenvalue weighted by Gasteiger charge is -2.23. The maximum Gasteiger partial charge on any atom is 0.508 e. The third kappa shape index (κ3) is 10.3. The molecule has 0 aliphatic rings. The summed E-state index contributed by atoms with van der Waals surface area (Å²) < 4.78 is 26.3. The zero-order valence-electron chi connectivity index (χ0n) is 24.0. The fourth-order valence-electron chi connectivity index (χ4n) is 2.67. The first kappa shape index (κ1) is 32.9. The molecule has 38 heavy (non-hydrogen) atoms. The highest BCUT2D eigenvalue weighted by molar-refractivity contribution is 5.81. The lowest BCUT2D eigenvalue weighted by Crippen LogP contribution is -2.36. The van der Waals surface area contributed by atoms with Gasteiger partial charge in [-0.05, 0) is 85.4 Å². The second-order valence-corrected chi connectivity index (χ2v) is 10.8. The Morgan fingerprint density at radius 1 is 0.842 bits per heavy atom. The summed E-state index contributed by atoms with van der Waals surface area (Å²) in [6.45, 7) is 15.5. The molecule has 0 heterocycles. The predicted octanol–water partition coefficient (Wildman–Crippen LogP) is 4.73. The fraction of sp³-hybridized carbons (Fsp3) is 0.643. The molecular weight excluding hydrogens is 494 g/mol. The van der Waals surface area contributed by atoms with Gasteiger partial charge in [-0.2, -0.15) is 0 Å². The fourth-order valence-corrected chi connectivity index (χ4v) is 2.67. The number of esters is 3. The van der Waals surface area contributed by atoms with Crippen molar-refractivity contribution in [2.45, 2.75) is 99.8 Å². The van der Waals surface area contributed by atoms with Crippen molar-refractivity contribution < 1.29 is 42.9 Å². The van der Waals surface area contributed by atoms with Crippen LogP contribution in [0.3, 0.4) is 0 Å². The molecule has 0 unspecified atom stereocenters. The first-order valence-electron chi connectivity index (χ1n) is 12.9. The third-order valence-corrected chi connectivity index (χ3v) is 6.13. The Balaban J connectivity index is 2.99. The maximum absolute atomic E-state index is 12.8. The van der Waals surface area contributed by atoms with Crippen molar-refractivity contribution in [3.63, 3.8) is 0 Å². The van der Waals surface area contributed by atoms with E-state index in [-0.39, 0.29) is 30.6 Å². The van der Waals surface area contributed by atoms with Crippen molar-refractivity contribution in [1.29, 1.82) is 0 Å². The molecule has 0 saturated heterocycles. The average Bonchev–Trinajstić information content (AvgIpc) is 2.83. The molecule has 1 aromatic carbocycles. The lowest BCUT2D eigenvalue weighted by atomic mass is 9.90. The summed E-state index contributed by atoms with van der Waals surface area (Å²) in [5.41, 5.74) is 5.10. The van der Waals surface area contributed by atoms with Crippen LogP contribution in [0.15, 0.2) is 18.2 Å². The van der Waals surface area contributed by atoms with Crippen molar-refractivity contribution >= 4 is 24.1 Å². The highest BCUT2D eigenvalue weighted by atomic mass is 16.7. The Labute approximate surface area is 225 Å². The van der Waals surface area contributed by atoms with E-state index in [1.165, 1.54) is 12.1 Å². The van der Waals surface area contributed by atoms with Gasteiger partial charge in [0.25, 0.3) is 0 Å². The van der Waals surface area contributed by atoms with E-state index in [0.717, 1.165) is 0 Å². The molecule has 0 amide bonds. The van der Waals surface area contributed by atoms with E-state index < -0.39 is 47.0 Å². The smallest absolute Gasteiger partial charge is 0.461 e. The van der Waals surface area contributed by atoms with E-state index in [4.69, 9.17) is 29.4 Å². The van der Waals surface area contributed by atoms with E-state index >= 15 is 0 Å². The molecule has 214 valence electrons. The summed E-state index contributed by atoms with van der Waals surface area (Å²) in [7, 11) is 0.